The molecule has 0 fully saturated rings. The summed E-state index contributed by atoms with van der Waals surface area (Å²) in [6, 6.07) is 1.85. The summed E-state index contributed by atoms with van der Waals surface area (Å²) in [5.74, 6) is 1.34. The lowest BCUT2D eigenvalue weighted by atomic mass is 10.1. The SMILES string of the molecule is CC[C@@H](Nc1nsnc1Nc1csc(S(=O)(=O)N(C)C(C)(C)C)c1O)c1cc(C)co1. The van der Waals surface area contributed by atoms with E-state index in [1.807, 2.05) is 19.9 Å². The van der Waals surface area contributed by atoms with Gasteiger partial charge in [0.05, 0.1) is 29.7 Å². The summed E-state index contributed by atoms with van der Waals surface area (Å²) >= 11 is 1.96. The van der Waals surface area contributed by atoms with Crippen LogP contribution in [0.4, 0.5) is 17.3 Å². The maximum absolute atomic E-state index is 12.9. The van der Waals surface area contributed by atoms with Gasteiger partial charge in [0, 0.05) is 18.0 Å². The van der Waals surface area contributed by atoms with E-state index in [9.17, 15) is 13.5 Å². The van der Waals surface area contributed by atoms with Crippen LogP contribution in [-0.4, -0.2) is 39.2 Å². The highest BCUT2D eigenvalue weighted by Crippen LogP contribution is 2.42. The molecule has 3 N–H and O–H groups in total. The number of aromatic hydroxyl groups is 1. The zero-order valence-corrected chi connectivity index (χ0v) is 20.7. The van der Waals surface area contributed by atoms with E-state index in [1.54, 1.807) is 32.4 Å². The summed E-state index contributed by atoms with van der Waals surface area (Å²) in [5, 5.41) is 18.5. The van der Waals surface area contributed by atoms with Crippen LogP contribution in [0.25, 0.3) is 0 Å². The Morgan fingerprint density at radius 1 is 1.29 bits per heavy atom. The summed E-state index contributed by atoms with van der Waals surface area (Å²) < 4.78 is 41.1. The van der Waals surface area contributed by atoms with Gasteiger partial charge in [-0.25, -0.2) is 8.42 Å². The fraction of sp³-hybridized carbons (Fsp3) is 0.474. The van der Waals surface area contributed by atoms with E-state index in [1.165, 1.54) is 11.4 Å². The van der Waals surface area contributed by atoms with Gasteiger partial charge in [0.25, 0.3) is 10.0 Å². The molecule has 170 valence electrons. The zero-order chi connectivity index (χ0) is 23.0. The minimum absolute atomic E-state index is 0.106. The first-order chi connectivity index (χ1) is 14.4. The van der Waals surface area contributed by atoms with Crippen molar-refractivity contribution in [2.24, 2.45) is 0 Å². The predicted molar refractivity (Wildman–Crippen MR) is 124 cm³/mol. The minimum atomic E-state index is -3.85. The molecule has 0 spiro atoms. The number of hydrogen-bond donors (Lipinski definition) is 3. The Balaban J connectivity index is 1.83. The number of sulfonamides is 1. The lowest BCUT2D eigenvalue weighted by Gasteiger charge is -2.30. The molecule has 0 aliphatic heterocycles. The van der Waals surface area contributed by atoms with Gasteiger partial charge in [-0.2, -0.15) is 13.1 Å². The zero-order valence-electron chi connectivity index (χ0n) is 18.3. The topological polar surface area (TPSA) is 121 Å². The number of nitrogens with zero attached hydrogens (tertiary/aromatic N) is 3. The molecule has 0 saturated carbocycles. The molecule has 9 nitrogen and oxygen atoms in total. The number of nitrogens with one attached hydrogen (secondary N) is 2. The maximum atomic E-state index is 12.9. The van der Waals surface area contributed by atoms with Gasteiger partial charge in [-0.15, -0.1) is 11.3 Å². The fourth-order valence-electron chi connectivity index (χ4n) is 2.76. The number of thiophene rings is 1. The summed E-state index contributed by atoms with van der Waals surface area (Å²) in [6.45, 7) is 9.35. The standard InChI is InChI=1S/C19H27N5O4S3/c1-7-12(14-8-11(2)9-28-14)20-16-17(23-30-22-16)21-13-10-29-18(15(13)25)31(26,27)24(6)19(3,4)5/h8-10,12,25H,7H2,1-6H3,(H,20,22)(H,21,23)/t12-/m1/s1. The highest BCUT2D eigenvalue weighted by atomic mass is 32.2. The molecule has 0 aliphatic carbocycles. The summed E-state index contributed by atoms with van der Waals surface area (Å²) in [5.41, 5.74) is 0.656. The Morgan fingerprint density at radius 2 is 1.97 bits per heavy atom. The second-order valence-electron chi connectivity index (χ2n) is 8.15. The number of rotatable bonds is 8. The molecule has 31 heavy (non-hydrogen) atoms. The highest BCUT2D eigenvalue weighted by molar-refractivity contribution is 7.91. The first-order valence-electron chi connectivity index (χ1n) is 9.65. The van der Waals surface area contributed by atoms with Crippen molar-refractivity contribution in [1.29, 1.82) is 0 Å². The smallest absolute Gasteiger partial charge is 0.256 e. The van der Waals surface area contributed by atoms with Crippen molar-refractivity contribution in [3.8, 4) is 5.75 Å². The van der Waals surface area contributed by atoms with Crippen LogP contribution in [0.1, 0.15) is 51.5 Å². The van der Waals surface area contributed by atoms with E-state index in [0.717, 1.165) is 40.8 Å². The molecular formula is C19H27N5O4S3. The molecule has 0 radical (unpaired) electrons. The van der Waals surface area contributed by atoms with Gasteiger partial charge < -0.3 is 20.2 Å². The highest BCUT2D eigenvalue weighted by Gasteiger charge is 2.34. The van der Waals surface area contributed by atoms with Crippen molar-refractivity contribution >= 4 is 50.4 Å². The van der Waals surface area contributed by atoms with Crippen LogP contribution in [-0.2, 0) is 10.0 Å². The summed E-state index contributed by atoms with van der Waals surface area (Å²) in [6.07, 6.45) is 2.45. The van der Waals surface area contributed by atoms with Crippen molar-refractivity contribution in [1.82, 2.24) is 13.1 Å². The van der Waals surface area contributed by atoms with Crippen LogP contribution in [0.2, 0.25) is 0 Å². The third-order valence-corrected chi connectivity index (χ3v) is 8.97. The Bertz CT molecular complexity index is 1140. The van der Waals surface area contributed by atoms with E-state index in [0.29, 0.717) is 11.6 Å². The maximum Gasteiger partial charge on any atom is 0.256 e. The first kappa shape index (κ1) is 23.5. The molecule has 1 atom stereocenters. The Labute approximate surface area is 190 Å². The molecule has 0 saturated heterocycles. The quantitative estimate of drug-likeness (QED) is 0.411. The molecule has 12 heteroatoms. The average molecular weight is 486 g/mol. The van der Waals surface area contributed by atoms with Crippen molar-refractivity contribution in [2.45, 2.75) is 56.8 Å². The van der Waals surface area contributed by atoms with Gasteiger partial charge in [-0.3, -0.25) is 0 Å². The van der Waals surface area contributed by atoms with Crippen LogP contribution in [0.15, 0.2) is 26.3 Å². The van der Waals surface area contributed by atoms with Crippen LogP contribution < -0.4 is 10.6 Å². The molecule has 3 heterocycles. The molecule has 3 rings (SSSR count). The molecular weight excluding hydrogens is 458 g/mol. The van der Waals surface area contributed by atoms with Gasteiger partial charge in [-0.05, 0) is 45.7 Å². The van der Waals surface area contributed by atoms with Crippen LogP contribution in [0.3, 0.4) is 0 Å². The number of aromatic nitrogens is 2. The number of furan rings is 1. The number of aryl methyl sites for hydroxylation is 1. The predicted octanol–water partition coefficient (Wildman–Crippen LogP) is 4.93. The number of anilines is 3. The minimum Gasteiger partial charge on any atom is -0.504 e. The Hall–Kier alpha value is -2.15. The van der Waals surface area contributed by atoms with Crippen molar-refractivity contribution in [3.05, 3.63) is 29.0 Å². The normalized spacial score (nSPS) is 13.5. The van der Waals surface area contributed by atoms with Crippen molar-refractivity contribution in [3.63, 3.8) is 0 Å². The van der Waals surface area contributed by atoms with E-state index in [4.69, 9.17) is 4.42 Å². The Kier molecular flexibility index (Phi) is 6.65. The van der Waals surface area contributed by atoms with E-state index < -0.39 is 15.6 Å². The third kappa shape index (κ3) is 4.86. The van der Waals surface area contributed by atoms with Gasteiger partial charge in [-0.1, -0.05) is 6.92 Å². The van der Waals surface area contributed by atoms with E-state index in [2.05, 4.69) is 19.4 Å². The largest absolute Gasteiger partial charge is 0.504 e. The van der Waals surface area contributed by atoms with Gasteiger partial charge in [0.1, 0.15) is 5.76 Å². The van der Waals surface area contributed by atoms with Crippen LogP contribution in [0.5, 0.6) is 5.75 Å². The van der Waals surface area contributed by atoms with Crippen LogP contribution >= 0.6 is 23.1 Å². The second-order valence-corrected chi connectivity index (χ2v) is 11.7. The lowest BCUT2D eigenvalue weighted by Crippen LogP contribution is -2.42. The molecule has 0 aromatic carbocycles. The molecule has 0 unspecified atom stereocenters. The summed E-state index contributed by atoms with van der Waals surface area (Å²) in [7, 11) is -2.36. The fourth-order valence-corrected chi connectivity index (χ4v) is 6.14. The van der Waals surface area contributed by atoms with Crippen molar-refractivity contribution in [2.75, 3.05) is 17.7 Å². The number of hydrogen-bond acceptors (Lipinski definition) is 10. The van der Waals surface area contributed by atoms with Gasteiger partial charge in [0.15, 0.2) is 21.6 Å². The molecule has 0 amide bonds. The monoisotopic (exact) mass is 485 g/mol. The molecule has 0 bridgehead atoms. The Morgan fingerprint density at radius 3 is 2.55 bits per heavy atom. The second kappa shape index (κ2) is 8.77. The van der Waals surface area contributed by atoms with Gasteiger partial charge >= 0.3 is 0 Å². The first-order valence-corrected chi connectivity index (χ1v) is 12.7. The van der Waals surface area contributed by atoms with Crippen molar-refractivity contribution < 1.29 is 17.9 Å². The lowest BCUT2D eigenvalue weighted by molar-refractivity contribution is 0.291. The molecule has 3 aromatic heterocycles. The van der Waals surface area contributed by atoms with Crippen LogP contribution in [0, 0.1) is 6.92 Å². The van der Waals surface area contributed by atoms with E-state index >= 15 is 0 Å². The summed E-state index contributed by atoms with van der Waals surface area (Å²) in [4.78, 5) is 0. The average Bonchev–Trinajstić information content (AvgIpc) is 3.40. The molecule has 0 aliphatic rings. The molecule has 3 aromatic rings. The van der Waals surface area contributed by atoms with E-state index in [-0.39, 0.29) is 21.7 Å². The third-order valence-electron chi connectivity index (χ3n) is 4.83. The van der Waals surface area contributed by atoms with Gasteiger partial charge in [0.2, 0.25) is 0 Å².